The Kier molecular flexibility index (Phi) is 5.29. The third-order valence-electron chi connectivity index (χ3n) is 3.79. The Labute approximate surface area is 161 Å². The van der Waals surface area contributed by atoms with Crippen LogP contribution in [0, 0.1) is 13.8 Å². The molecule has 1 heterocycles. The summed E-state index contributed by atoms with van der Waals surface area (Å²) >= 11 is 1.52. The highest BCUT2D eigenvalue weighted by Crippen LogP contribution is 2.27. The second-order valence-electron chi connectivity index (χ2n) is 5.83. The molecule has 0 amide bonds. The maximum Gasteiger partial charge on any atom is 0.339 e. The Bertz CT molecular complexity index is 1090. The molecule has 0 aliphatic heterocycles. The minimum Gasteiger partial charge on any atom is -0.465 e. The molecular weight excluding hydrogens is 386 g/mol. The van der Waals surface area contributed by atoms with Crippen molar-refractivity contribution in [3.8, 4) is 16.3 Å². The van der Waals surface area contributed by atoms with Gasteiger partial charge in [0.2, 0.25) is 0 Å². The van der Waals surface area contributed by atoms with Crippen molar-refractivity contribution in [2.75, 3.05) is 7.11 Å². The highest BCUT2D eigenvalue weighted by Gasteiger charge is 2.21. The molecule has 140 valence electrons. The van der Waals surface area contributed by atoms with Gasteiger partial charge in [-0.3, -0.25) is 0 Å². The van der Waals surface area contributed by atoms with Crippen LogP contribution in [-0.4, -0.2) is 26.5 Å². The number of carbonyl (C=O) groups is 1. The van der Waals surface area contributed by atoms with Gasteiger partial charge in [-0.25, -0.2) is 9.78 Å². The number of benzene rings is 2. The lowest BCUT2D eigenvalue weighted by molar-refractivity contribution is 0.0600. The number of nitrogens with zero attached hydrogens (tertiary/aromatic N) is 1. The van der Waals surface area contributed by atoms with Gasteiger partial charge in [0.05, 0.1) is 12.7 Å². The lowest BCUT2D eigenvalue weighted by atomic mass is 10.1. The van der Waals surface area contributed by atoms with E-state index in [4.69, 9.17) is 4.18 Å². The summed E-state index contributed by atoms with van der Waals surface area (Å²) in [6.45, 7) is 3.51. The van der Waals surface area contributed by atoms with Crippen LogP contribution in [-0.2, 0) is 14.9 Å². The summed E-state index contributed by atoms with van der Waals surface area (Å²) in [6, 6.07) is 10.9. The second-order valence-corrected chi connectivity index (χ2v) is 8.20. The Morgan fingerprint density at radius 1 is 1.07 bits per heavy atom. The SMILES string of the molecule is COC(=O)c1ccc(S(=O)(=O)Oc2ccc(-c3nc(C)cs3)cc2)c(C)c1. The van der Waals surface area contributed by atoms with Crippen LogP contribution in [0.5, 0.6) is 5.75 Å². The third kappa shape index (κ3) is 4.17. The molecule has 0 unspecified atom stereocenters. The van der Waals surface area contributed by atoms with E-state index in [1.54, 1.807) is 31.2 Å². The van der Waals surface area contributed by atoms with Crippen LogP contribution in [0.1, 0.15) is 21.6 Å². The Morgan fingerprint density at radius 3 is 2.33 bits per heavy atom. The molecule has 0 atom stereocenters. The monoisotopic (exact) mass is 403 g/mol. The fourth-order valence-electron chi connectivity index (χ4n) is 2.49. The quantitative estimate of drug-likeness (QED) is 0.473. The maximum atomic E-state index is 12.6. The number of thiazole rings is 1. The Hall–Kier alpha value is -2.71. The topological polar surface area (TPSA) is 82.6 Å². The molecule has 0 saturated carbocycles. The number of rotatable bonds is 5. The molecule has 0 spiro atoms. The first-order valence-electron chi connectivity index (χ1n) is 7.96. The van der Waals surface area contributed by atoms with Crippen molar-refractivity contribution in [1.82, 2.24) is 4.98 Å². The lowest BCUT2D eigenvalue weighted by Gasteiger charge is -2.10. The summed E-state index contributed by atoms with van der Waals surface area (Å²) in [7, 11) is -2.77. The van der Waals surface area contributed by atoms with Crippen LogP contribution >= 0.6 is 11.3 Å². The molecule has 3 aromatic rings. The molecule has 27 heavy (non-hydrogen) atoms. The first-order valence-corrected chi connectivity index (χ1v) is 10.2. The van der Waals surface area contributed by atoms with Gasteiger partial charge in [-0.2, -0.15) is 8.42 Å². The van der Waals surface area contributed by atoms with E-state index >= 15 is 0 Å². The molecule has 1 aromatic heterocycles. The summed E-state index contributed by atoms with van der Waals surface area (Å²) in [5.41, 5.74) is 2.49. The average Bonchev–Trinajstić information content (AvgIpc) is 3.07. The summed E-state index contributed by atoms with van der Waals surface area (Å²) < 4.78 is 35.0. The van der Waals surface area contributed by atoms with E-state index in [-0.39, 0.29) is 16.2 Å². The van der Waals surface area contributed by atoms with Gasteiger partial charge in [-0.1, -0.05) is 0 Å². The highest BCUT2D eigenvalue weighted by atomic mass is 32.2. The van der Waals surface area contributed by atoms with Crippen molar-refractivity contribution in [2.45, 2.75) is 18.7 Å². The third-order valence-corrected chi connectivity index (χ3v) is 6.21. The number of ether oxygens (including phenoxy) is 1. The molecule has 3 rings (SSSR count). The number of carbonyl (C=O) groups excluding carboxylic acids is 1. The van der Waals surface area contributed by atoms with Crippen LogP contribution in [0.25, 0.3) is 10.6 Å². The van der Waals surface area contributed by atoms with Gasteiger partial charge in [0.1, 0.15) is 15.7 Å². The standard InChI is InChI=1S/C19H17NO5S2/c1-12-10-15(19(21)24-3)6-9-17(12)27(22,23)25-16-7-4-14(5-8-16)18-20-13(2)11-26-18/h4-11H,1-3H3. The molecule has 0 aliphatic rings. The van der Waals surface area contributed by atoms with E-state index < -0.39 is 16.1 Å². The summed E-state index contributed by atoms with van der Waals surface area (Å²) in [5.74, 6) is -0.334. The van der Waals surface area contributed by atoms with Crippen molar-refractivity contribution in [3.63, 3.8) is 0 Å². The normalized spacial score (nSPS) is 11.2. The van der Waals surface area contributed by atoms with Gasteiger partial charge >= 0.3 is 16.1 Å². The molecule has 2 aromatic carbocycles. The van der Waals surface area contributed by atoms with E-state index in [1.807, 2.05) is 12.3 Å². The fraction of sp³-hybridized carbons (Fsp3) is 0.158. The molecule has 0 bridgehead atoms. The molecule has 8 heteroatoms. The molecule has 0 radical (unpaired) electrons. The van der Waals surface area contributed by atoms with Crippen LogP contribution in [0.2, 0.25) is 0 Å². The highest BCUT2D eigenvalue weighted by molar-refractivity contribution is 7.87. The number of hydrogen-bond acceptors (Lipinski definition) is 7. The van der Waals surface area contributed by atoms with Crippen LogP contribution in [0.4, 0.5) is 0 Å². The molecule has 0 fully saturated rings. The van der Waals surface area contributed by atoms with Gasteiger partial charge in [0.25, 0.3) is 0 Å². The Balaban J connectivity index is 1.83. The van der Waals surface area contributed by atoms with Gasteiger partial charge in [0.15, 0.2) is 0 Å². The van der Waals surface area contributed by atoms with Crippen molar-refractivity contribution in [2.24, 2.45) is 0 Å². The van der Waals surface area contributed by atoms with E-state index in [0.29, 0.717) is 5.56 Å². The number of esters is 1. The zero-order valence-electron chi connectivity index (χ0n) is 14.9. The van der Waals surface area contributed by atoms with Crippen molar-refractivity contribution in [3.05, 3.63) is 64.7 Å². The zero-order valence-corrected chi connectivity index (χ0v) is 16.6. The van der Waals surface area contributed by atoms with E-state index in [2.05, 4.69) is 9.72 Å². The minimum atomic E-state index is -4.03. The fourth-order valence-corrected chi connectivity index (χ4v) is 4.43. The smallest absolute Gasteiger partial charge is 0.339 e. The van der Waals surface area contributed by atoms with Gasteiger partial charge in [0, 0.05) is 16.6 Å². The van der Waals surface area contributed by atoms with E-state index in [1.165, 1.54) is 36.6 Å². The number of aromatic nitrogens is 1. The molecule has 0 N–H and O–H groups in total. The second kappa shape index (κ2) is 7.50. The minimum absolute atomic E-state index is 0.00484. The van der Waals surface area contributed by atoms with Crippen LogP contribution in [0.3, 0.4) is 0 Å². The largest absolute Gasteiger partial charge is 0.465 e. The van der Waals surface area contributed by atoms with Gasteiger partial charge in [-0.15, -0.1) is 11.3 Å². The number of methoxy groups -OCH3 is 1. The van der Waals surface area contributed by atoms with Crippen molar-refractivity contribution in [1.29, 1.82) is 0 Å². The predicted octanol–water partition coefficient (Wildman–Crippen LogP) is 3.98. The maximum absolute atomic E-state index is 12.6. The summed E-state index contributed by atoms with van der Waals surface area (Å²) in [4.78, 5) is 16.0. The van der Waals surface area contributed by atoms with E-state index in [9.17, 15) is 13.2 Å². The van der Waals surface area contributed by atoms with Crippen molar-refractivity contribution >= 4 is 27.4 Å². The van der Waals surface area contributed by atoms with Crippen LogP contribution < -0.4 is 4.18 Å². The van der Waals surface area contributed by atoms with Gasteiger partial charge in [-0.05, 0) is 61.9 Å². The van der Waals surface area contributed by atoms with E-state index in [0.717, 1.165) is 16.3 Å². The average molecular weight is 403 g/mol. The predicted molar refractivity (Wildman–Crippen MR) is 103 cm³/mol. The Morgan fingerprint density at radius 2 is 1.78 bits per heavy atom. The first kappa shape index (κ1) is 19.1. The zero-order chi connectivity index (χ0) is 19.6. The summed E-state index contributed by atoms with van der Waals surface area (Å²) in [6.07, 6.45) is 0. The first-order chi connectivity index (χ1) is 12.8. The molecule has 0 aliphatic carbocycles. The molecular formula is C19H17NO5S2. The summed E-state index contributed by atoms with van der Waals surface area (Å²) in [5, 5.41) is 2.81. The molecule has 0 saturated heterocycles. The van der Waals surface area contributed by atoms with Crippen LogP contribution in [0.15, 0.2) is 52.7 Å². The number of hydrogen-bond donors (Lipinski definition) is 0. The lowest BCUT2D eigenvalue weighted by Crippen LogP contribution is -2.12. The van der Waals surface area contributed by atoms with Crippen molar-refractivity contribution < 1.29 is 22.1 Å². The molecule has 6 nitrogen and oxygen atoms in total. The number of aryl methyl sites for hydroxylation is 2. The van der Waals surface area contributed by atoms with Gasteiger partial charge < -0.3 is 8.92 Å².